The van der Waals surface area contributed by atoms with E-state index in [-0.39, 0.29) is 0 Å². The van der Waals surface area contributed by atoms with Crippen LogP contribution in [0.3, 0.4) is 0 Å². The fourth-order valence-electron chi connectivity index (χ4n) is 0.0567. The van der Waals surface area contributed by atoms with Gasteiger partial charge in [0.2, 0.25) is 0 Å². The minimum atomic E-state index is -5.50. The van der Waals surface area contributed by atoms with Gasteiger partial charge in [-0.15, -0.1) is 0 Å². The van der Waals surface area contributed by atoms with E-state index in [0.717, 1.165) is 0 Å². The molecular formula is C2Cl7NP-. The summed E-state index contributed by atoms with van der Waals surface area (Å²) in [5.41, 5.74) is 0. The van der Waals surface area contributed by atoms with E-state index in [1.807, 2.05) is 0 Å². The Labute approximate surface area is 97.0 Å². The first-order valence-corrected chi connectivity index (χ1v) is 9.35. The normalized spacial score (nSPS) is 19.8. The van der Waals surface area contributed by atoms with Crippen molar-refractivity contribution in [2.45, 2.75) is 3.53 Å². The van der Waals surface area contributed by atoms with Crippen LogP contribution in [0, 0.1) is 11.1 Å². The number of hydrogen-bond donors (Lipinski definition) is 0. The summed E-state index contributed by atoms with van der Waals surface area (Å²) >= 11 is 37.3. The summed E-state index contributed by atoms with van der Waals surface area (Å²) in [6.45, 7) is 0. The molecule has 0 bridgehead atoms. The summed E-state index contributed by atoms with van der Waals surface area (Å²) in [5, 5.41) is 8.48. The second kappa shape index (κ2) is 2.50. The van der Waals surface area contributed by atoms with E-state index in [4.69, 9.17) is 85.0 Å². The molecule has 0 N–H and O–H groups in total. The number of alkyl halides is 3. The van der Waals surface area contributed by atoms with Crippen molar-refractivity contribution in [1.82, 2.24) is 0 Å². The molecule has 0 aromatic carbocycles. The van der Waals surface area contributed by atoms with Gasteiger partial charge in [0, 0.05) is 0 Å². The maximum absolute atomic E-state index is 8.48. The molecule has 0 spiro atoms. The summed E-state index contributed by atoms with van der Waals surface area (Å²) in [6, 6.07) is 0. The van der Waals surface area contributed by atoms with Crippen LogP contribution >= 0.6 is 83.1 Å². The Hall–Kier alpha value is 1.95. The van der Waals surface area contributed by atoms with Crippen LogP contribution in [0.1, 0.15) is 0 Å². The van der Waals surface area contributed by atoms with Crippen molar-refractivity contribution in [2.24, 2.45) is 0 Å². The molecule has 0 unspecified atom stereocenters. The zero-order valence-corrected chi connectivity index (χ0v) is 10.7. The van der Waals surface area contributed by atoms with E-state index in [0.29, 0.717) is 0 Å². The van der Waals surface area contributed by atoms with Crippen LogP contribution in [-0.4, -0.2) is 3.53 Å². The van der Waals surface area contributed by atoms with Gasteiger partial charge in [-0.1, -0.05) is 0 Å². The van der Waals surface area contributed by atoms with E-state index < -0.39 is 6.89 Å². The van der Waals surface area contributed by atoms with E-state index in [1.165, 1.54) is 5.81 Å². The van der Waals surface area contributed by atoms with Crippen LogP contribution in [-0.2, 0) is 0 Å². The van der Waals surface area contributed by atoms with Crippen molar-refractivity contribution in [1.29, 1.82) is 5.26 Å². The van der Waals surface area contributed by atoms with Gasteiger partial charge in [-0.25, -0.2) is 0 Å². The average molecular weight is 317 g/mol. The van der Waals surface area contributed by atoms with Gasteiger partial charge < -0.3 is 0 Å². The third kappa shape index (κ3) is 2.46. The average Bonchev–Trinajstić information content (AvgIpc) is 1.60. The van der Waals surface area contributed by atoms with Gasteiger partial charge in [0.1, 0.15) is 0 Å². The van der Waals surface area contributed by atoms with Crippen LogP contribution < -0.4 is 0 Å². The van der Waals surface area contributed by atoms with Crippen LogP contribution in [0.2, 0.25) is 0 Å². The van der Waals surface area contributed by atoms with Crippen LogP contribution in [0.25, 0.3) is 0 Å². The fraction of sp³-hybridized carbons (Fsp3) is 0.500. The maximum atomic E-state index is 8.48. The fourth-order valence-corrected chi connectivity index (χ4v) is 0.510. The molecule has 0 atom stereocenters. The molecular weight excluding hydrogens is 317 g/mol. The quantitative estimate of drug-likeness (QED) is 0.427. The SMILES string of the molecule is N#C[P-](Cl)(Cl)(Cl)(Cl)C(Cl)(Cl)Cl. The molecule has 0 amide bonds. The first kappa shape index (κ1) is 12.9. The number of nitrogens with zero attached hydrogens (tertiary/aromatic N) is 1. The van der Waals surface area contributed by atoms with E-state index in [1.54, 1.807) is 0 Å². The van der Waals surface area contributed by atoms with E-state index in [2.05, 4.69) is 0 Å². The Morgan fingerprint density at radius 1 is 1.00 bits per heavy atom. The summed E-state index contributed by atoms with van der Waals surface area (Å²) in [6.07, 6.45) is 0. The zero-order valence-electron chi connectivity index (χ0n) is 4.54. The third-order valence-electron chi connectivity index (χ3n) is 0.711. The van der Waals surface area contributed by atoms with Crippen LogP contribution in [0.4, 0.5) is 0 Å². The molecule has 11 heavy (non-hydrogen) atoms. The van der Waals surface area contributed by atoms with Gasteiger partial charge in [-0.2, -0.15) is 0 Å². The molecule has 0 aliphatic rings. The molecule has 0 heterocycles. The number of halogens is 7. The first-order chi connectivity index (χ1) is 4.33. The van der Waals surface area contributed by atoms with E-state index >= 15 is 0 Å². The topological polar surface area (TPSA) is 23.8 Å². The molecule has 0 aromatic heterocycles. The van der Waals surface area contributed by atoms with Crippen LogP contribution in [0.5, 0.6) is 0 Å². The monoisotopic (exact) mass is 314 g/mol. The molecule has 0 rings (SSSR count). The number of nitriles is 1. The standard InChI is InChI=1S/C2Cl7NP/c3-2(4,5)11(6,7,8,9)1-10/q-1. The molecule has 9 heteroatoms. The second-order valence-electron chi connectivity index (χ2n) is 1.74. The van der Waals surface area contributed by atoms with Crippen molar-refractivity contribution in [3.05, 3.63) is 0 Å². The Morgan fingerprint density at radius 3 is 1.27 bits per heavy atom. The third-order valence-corrected chi connectivity index (χ3v) is 13.0. The molecule has 68 valence electrons. The predicted octanol–water partition coefficient (Wildman–Crippen LogP) is 5.50. The Bertz CT molecular complexity index is 223. The van der Waals surface area contributed by atoms with Crippen molar-refractivity contribution in [2.75, 3.05) is 0 Å². The zero-order chi connectivity index (χ0) is 9.62. The first-order valence-electron chi connectivity index (χ1n) is 1.91. The molecule has 0 saturated heterocycles. The van der Waals surface area contributed by atoms with Crippen molar-refractivity contribution in [3.63, 3.8) is 0 Å². The molecule has 1 nitrogen and oxygen atoms in total. The summed E-state index contributed by atoms with van der Waals surface area (Å²) in [7, 11) is 0. The van der Waals surface area contributed by atoms with Crippen molar-refractivity contribution in [3.8, 4) is 5.81 Å². The number of rotatable bonds is 0. The summed E-state index contributed by atoms with van der Waals surface area (Å²) in [5.74, 6) is 1.24. The predicted molar refractivity (Wildman–Crippen MR) is 56.2 cm³/mol. The van der Waals surface area contributed by atoms with Crippen molar-refractivity contribution >= 4 is 83.1 Å². The molecule has 0 fully saturated rings. The van der Waals surface area contributed by atoms with Crippen molar-refractivity contribution < 1.29 is 0 Å². The number of hydrogen-bond acceptors (Lipinski definition) is 1. The van der Waals surface area contributed by atoms with Gasteiger partial charge in [0.05, 0.1) is 0 Å². The second-order valence-corrected chi connectivity index (χ2v) is 21.3. The summed E-state index contributed by atoms with van der Waals surface area (Å²) < 4.78 is -7.93. The molecule has 0 aliphatic carbocycles. The van der Waals surface area contributed by atoms with Crippen LogP contribution in [0.15, 0.2) is 0 Å². The van der Waals surface area contributed by atoms with Gasteiger partial charge in [-0.3, -0.25) is 0 Å². The molecule has 0 saturated carbocycles. The Kier molecular flexibility index (Phi) is 2.94. The van der Waals surface area contributed by atoms with E-state index in [9.17, 15) is 0 Å². The van der Waals surface area contributed by atoms with Gasteiger partial charge in [-0.05, 0) is 0 Å². The molecule has 0 aliphatic heterocycles. The minimum absolute atomic E-state index is 1.24. The molecule has 0 aromatic rings. The molecule has 0 radical (unpaired) electrons. The van der Waals surface area contributed by atoms with Gasteiger partial charge in [0.15, 0.2) is 0 Å². The Balaban J connectivity index is 5.54. The van der Waals surface area contributed by atoms with Gasteiger partial charge in [0.25, 0.3) is 0 Å². The summed E-state index contributed by atoms with van der Waals surface area (Å²) in [4.78, 5) is 0. The van der Waals surface area contributed by atoms with Gasteiger partial charge >= 0.3 is 97.7 Å². The Morgan fingerprint density at radius 2 is 1.27 bits per heavy atom.